The molecular formula is C15H19N. The molecule has 1 aromatic carbocycles. The Bertz CT molecular complexity index is 433. The Morgan fingerprint density at radius 3 is 3.00 bits per heavy atom. The molecule has 0 saturated heterocycles. The fraction of sp³-hybridized carbons (Fsp3) is 0.467. The predicted molar refractivity (Wildman–Crippen MR) is 68.8 cm³/mol. The first-order valence-electron chi connectivity index (χ1n) is 6.29. The van der Waals surface area contributed by atoms with E-state index in [0.717, 1.165) is 6.54 Å². The molecule has 0 fully saturated rings. The lowest BCUT2D eigenvalue weighted by Crippen LogP contribution is -2.27. The van der Waals surface area contributed by atoms with Crippen molar-refractivity contribution in [3.8, 4) is 0 Å². The summed E-state index contributed by atoms with van der Waals surface area (Å²) in [4.78, 5) is 0. The number of benzene rings is 1. The highest BCUT2D eigenvalue weighted by atomic mass is 14.9. The van der Waals surface area contributed by atoms with E-state index in [2.05, 4.69) is 42.6 Å². The Morgan fingerprint density at radius 1 is 1.19 bits per heavy atom. The van der Waals surface area contributed by atoms with Crippen LogP contribution in [0.3, 0.4) is 0 Å². The molecule has 1 heterocycles. The van der Waals surface area contributed by atoms with Gasteiger partial charge in [-0.1, -0.05) is 29.8 Å². The summed E-state index contributed by atoms with van der Waals surface area (Å²) in [6.45, 7) is 3.40. The molecular weight excluding hydrogens is 194 g/mol. The lowest BCUT2D eigenvalue weighted by Gasteiger charge is -2.27. The minimum atomic E-state index is 0.408. The van der Waals surface area contributed by atoms with Gasteiger partial charge < -0.3 is 5.32 Å². The maximum absolute atomic E-state index is 3.58. The molecule has 1 aromatic rings. The summed E-state index contributed by atoms with van der Waals surface area (Å²) in [5, 5.41) is 3.58. The van der Waals surface area contributed by atoms with Crippen molar-refractivity contribution in [3.63, 3.8) is 0 Å². The van der Waals surface area contributed by atoms with Crippen molar-refractivity contribution >= 4 is 5.69 Å². The van der Waals surface area contributed by atoms with Crippen molar-refractivity contribution in [2.45, 2.75) is 38.0 Å². The van der Waals surface area contributed by atoms with E-state index in [9.17, 15) is 0 Å². The molecule has 1 aliphatic heterocycles. The summed E-state index contributed by atoms with van der Waals surface area (Å²) >= 11 is 0. The number of hydrogen-bond acceptors (Lipinski definition) is 1. The maximum atomic E-state index is 3.58. The second-order valence-electron chi connectivity index (χ2n) is 5.27. The van der Waals surface area contributed by atoms with Gasteiger partial charge in [-0.15, -0.1) is 0 Å². The lowest BCUT2D eigenvalue weighted by molar-refractivity contribution is 0.412. The Hall–Kier alpha value is -1.24. The molecule has 2 aliphatic rings. The van der Waals surface area contributed by atoms with Crippen LogP contribution in [0.1, 0.15) is 38.2 Å². The molecule has 1 nitrogen and oxygen atoms in total. The third-order valence-electron chi connectivity index (χ3n) is 4.23. The predicted octanol–water partition coefficient (Wildman–Crippen LogP) is 3.87. The molecule has 0 radical (unpaired) electrons. The van der Waals surface area contributed by atoms with E-state index in [1.165, 1.54) is 31.4 Å². The van der Waals surface area contributed by atoms with Crippen LogP contribution in [0.2, 0.25) is 0 Å². The average Bonchev–Trinajstić information content (AvgIpc) is 2.55. The van der Waals surface area contributed by atoms with Crippen molar-refractivity contribution < 1.29 is 0 Å². The highest BCUT2D eigenvalue weighted by molar-refractivity contribution is 5.60. The van der Waals surface area contributed by atoms with E-state index >= 15 is 0 Å². The molecule has 1 atom stereocenters. The quantitative estimate of drug-likeness (QED) is 0.645. The minimum absolute atomic E-state index is 0.408. The molecule has 0 aromatic heterocycles. The zero-order chi connectivity index (χ0) is 11.0. The number of para-hydroxylation sites is 1. The Morgan fingerprint density at radius 2 is 2.06 bits per heavy atom. The van der Waals surface area contributed by atoms with Crippen LogP contribution in [-0.4, -0.2) is 6.54 Å². The van der Waals surface area contributed by atoms with E-state index in [0.29, 0.717) is 5.41 Å². The fourth-order valence-electron chi connectivity index (χ4n) is 3.16. The topological polar surface area (TPSA) is 12.0 Å². The van der Waals surface area contributed by atoms with Gasteiger partial charge in [-0.2, -0.15) is 0 Å². The van der Waals surface area contributed by atoms with Crippen LogP contribution < -0.4 is 5.32 Å². The Balaban J connectivity index is 1.96. The van der Waals surface area contributed by atoms with Gasteiger partial charge in [-0.25, -0.2) is 0 Å². The van der Waals surface area contributed by atoms with E-state index in [4.69, 9.17) is 0 Å². The van der Waals surface area contributed by atoms with Crippen LogP contribution in [0.25, 0.3) is 0 Å². The molecule has 0 amide bonds. The van der Waals surface area contributed by atoms with Crippen LogP contribution in [0.15, 0.2) is 35.9 Å². The van der Waals surface area contributed by atoms with Crippen LogP contribution in [0.4, 0.5) is 5.69 Å². The fourth-order valence-corrected chi connectivity index (χ4v) is 3.16. The van der Waals surface area contributed by atoms with Gasteiger partial charge in [0.1, 0.15) is 0 Å². The molecule has 16 heavy (non-hydrogen) atoms. The molecule has 1 heteroatoms. The highest BCUT2D eigenvalue weighted by Gasteiger charge is 2.38. The SMILES string of the molecule is CC1=CCCC2(CC1)CNc1ccccc12. The van der Waals surface area contributed by atoms with Crippen LogP contribution >= 0.6 is 0 Å². The third-order valence-corrected chi connectivity index (χ3v) is 4.23. The van der Waals surface area contributed by atoms with Crippen molar-refractivity contribution in [2.75, 3.05) is 11.9 Å². The molecule has 1 spiro atoms. The molecule has 3 rings (SSSR count). The summed E-state index contributed by atoms with van der Waals surface area (Å²) < 4.78 is 0. The number of nitrogens with one attached hydrogen (secondary N) is 1. The number of rotatable bonds is 0. The Labute approximate surface area is 97.6 Å². The largest absolute Gasteiger partial charge is 0.384 e. The van der Waals surface area contributed by atoms with Gasteiger partial charge in [0.15, 0.2) is 0 Å². The van der Waals surface area contributed by atoms with Crippen molar-refractivity contribution in [2.24, 2.45) is 0 Å². The first-order valence-corrected chi connectivity index (χ1v) is 6.29. The summed E-state index contributed by atoms with van der Waals surface area (Å²) in [5.74, 6) is 0. The summed E-state index contributed by atoms with van der Waals surface area (Å²) in [6.07, 6.45) is 7.53. The third kappa shape index (κ3) is 1.46. The van der Waals surface area contributed by atoms with Gasteiger partial charge in [-0.05, 0) is 44.2 Å². The highest BCUT2D eigenvalue weighted by Crippen LogP contribution is 2.45. The van der Waals surface area contributed by atoms with Gasteiger partial charge in [0.05, 0.1) is 0 Å². The average molecular weight is 213 g/mol. The van der Waals surface area contributed by atoms with Crippen LogP contribution in [-0.2, 0) is 5.41 Å². The van der Waals surface area contributed by atoms with E-state index in [1.807, 2.05) is 0 Å². The second kappa shape index (κ2) is 3.65. The number of anilines is 1. The van der Waals surface area contributed by atoms with Gasteiger partial charge >= 0.3 is 0 Å². The first-order chi connectivity index (χ1) is 7.80. The van der Waals surface area contributed by atoms with Crippen molar-refractivity contribution in [3.05, 3.63) is 41.5 Å². The van der Waals surface area contributed by atoms with E-state index < -0.39 is 0 Å². The number of hydrogen-bond donors (Lipinski definition) is 1. The second-order valence-corrected chi connectivity index (χ2v) is 5.27. The van der Waals surface area contributed by atoms with Crippen LogP contribution in [0, 0.1) is 0 Å². The zero-order valence-corrected chi connectivity index (χ0v) is 9.92. The standard InChI is InChI=1S/C15H19N/c1-12-5-4-9-15(10-8-12)11-16-14-7-3-2-6-13(14)15/h2-3,5-7,16H,4,8-11H2,1H3. The molecule has 1 N–H and O–H groups in total. The Kier molecular flexibility index (Phi) is 2.27. The summed E-state index contributed by atoms with van der Waals surface area (Å²) in [6, 6.07) is 8.84. The van der Waals surface area contributed by atoms with Gasteiger partial charge in [0, 0.05) is 17.6 Å². The van der Waals surface area contributed by atoms with Gasteiger partial charge in [0.2, 0.25) is 0 Å². The summed E-state index contributed by atoms with van der Waals surface area (Å²) in [7, 11) is 0. The normalized spacial score (nSPS) is 28.2. The first kappa shape index (κ1) is 9.95. The molecule has 84 valence electrons. The van der Waals surface area contributed by atoms with E-state index in [-0.39, 0.29) is 0 Å². The molecule has 0 saturated carbocycles. The monoisotopic (exact) mass is 213 g/mol. The van der Waals surface area contributed by atoms with Crippen molar-refractivity contribution in [1.29, 1.82) is 0 Å². The number of fused-ring (bicyclic) bond motifs is 2. The molecule has 0 bridgehead atoms. The lowest BCUT2D eigenvalue weighted by atomic mass is 9.75. The van der Waals surface area contributed by atoms with Gasteiger partial charge in [-0.3, -0.25) is 0 Å². The van der Waals surface area contributed by atoms with Crippen LogP contribution in [0.5, 0.6) is 0 Å². The van der Waals surface area contributed by atoms with Crippen molar-refractivity contribution in [1.82, 2.24) is 0 Å². The minimum Gasteiger partial charge on any atom is -0.384 e. The molecule has 1 unspecified atom stereocenters. The summed E-state index contributed by atoms with van der Waals surface area (Å²) in [5.41, 5.74) is 4.90. The number of allylic oxidation sites excluding steroid dienone is 2. The van der Waals surface area contributed by atoms with E-state index in [1.54, 1.807) is 11.1 Å². The van der Waals surface area contributed by atoms with Gasteiger partial charge in [0.25, 0.3) is 0 Å². The smallest absolute Gasteiger partial charge is 0.0379 e. The molecule has 1 aliphatic carbocycles. The maximum Gasteiger partial charge on any atom is 0.0379 e. The zero-order valence-electron chi connectivity index (χ0n) is 9.92.